The van der Waals surface area contributed by atoms with E-state index in [1.165, 1.54) is 18.3 Å². The maximum Gasteiger partial charge on any atom is 0.292 e. The molecule has 1 heterocycles. The summed E-state index contributed by atoms with van der Waals surface area (Å²) >= 11 is 0. The Morgan fingerprint density at radius 3 is 2.68 bits per heavy atom. The van der Waals surface area contributed by atoms with Gasteiger partial charge in [0.15, 0.2) is 0 Å². The summed E-state index contributed by atoms with van der Waals surface area (Å²) in [5.74, 6) is -0.386. The van der Waals surface area contributed by atoms with Crippen molar-refractivity contribution in [1.82, 2.24) is 9.80 Å². The van der Waals surface area contributed by atoms with Crippen LogP contribution in [0.25, 0.3) is 0 Å². The van der Waals surface area contributed by atoms with Crippen LogP contribution in [0.4, 0.5) is 11.4 Å². The number of nitrogens with one attached hydrogen (secondary N) is 1. The van der Waals surface area contributed by atoms with Gasteiger partial charge in [-0.15, -0.1) is 0 Å². The van der Waals surface area contributed by atoms with E-state index in [4.69, 9.17) is 0 Å². The predicted molar refractivity (Wildman–Crippen MR) is 93.7 cm³/mol. The van der Waals surface area contributed by atoms with E-state index in [1.807, 2.05) is 13.1 Å². The predicted octanol–water partition coefficient (Wildman–Crippen LogP) is 1.97. The number of likely N-dealkylation sites (tertiary alicyclic amines) is 1. The summed E-state index contributed by atoms with van der Waals surface area (Å²) in [6.45, 7) is 1.81. The Kier molecular flexibility index (Phi) is 6.08. The highest BCUT2D eigenvalue weighted by molar-refractivity contribution is 5.97. The van der Waals surface area contributed by atoms with E-state index in [-0.39, 0.29) is 28.9 Å². The number of nitrogens with zero attached hydrogens (tertiary/aromatic N) is 4. The van der Waals surface area contributed by atoms with Crippen molar-refractivity contribution in [2.75, 3.05) is 32.5 Å². The van der Waals surface area contributed by atoms with Gasteiger partial charge in [-0.25, -0.2) is 0 Å². The fraction of sp³-hybridized carbons (Fsp3) is 0.412. The van der Waals surface area contributed by atoms with Gasteiger partial charge in [0, 0.05) is 25.4 Å². The summed E-state index contributed by atoms with van der Waals surface area (Å²) in [5.41, 5.74) is 0.0294. The molecule has 1 saturated heterocycles. The van der Waals surface area contributed by atoms with Gasteiger partial charge in [-0.1, -0.05) is 12.1 Å². The zero-order valence-electron chi connectivity index (χ0n) is 14.3. The first-order valence-corrected chi connectivity index (χ1v) is 8.00. The highest BCUT2D eigenvalue weighted by Gasteiger charge is 2.26. The van der Waals surface area contributed by atoms with Crippen molar-refractivity contribution < 1.29 is 9.72 Å². The highest BCUT2D eigenvalue weighted by Crippen LogP contribution is 2.23. The Labute approximate surface area is 146 Å². The molecule has 0 aromatic heterocycles. The summed E-state index contributed by atoms with van der Waals surface area (Å²) < 4.78 is 0. The molecule has 0 bridgehead atoms. The SMILES string of the molecule is CN1CCC(N(C)C(=O)/C(C#N)=C\Nc2ccccc2[N+](=O)[O-])CC1. The minimum absolute atomic E-state index is 0.0837. The maximum atomic E-state index is 12.5. The number of anilines is 1. The summed E-state index contributed by atoms with van der Waals surface area (Å²) in [4.78, 5) is 26.8. The summed E-state index contributed by atoms with van der Waals surface area (Å²) in [7, 11) is 3.73. The standard InChI is InChI=1S/C17H21N5O3/c1-20-9-7-14(8-10-20)21(2)17(23)13(11-18)12-19-15-5-3-4-6-16(15)22(24)25/h3-6,12,14,19H,7-10H2,1-2H3/b13-12-. The summed E-state index contributed by atoms with van der Waals surface area (Å²) in [6, 6.07) is 8.04. The van der Waals surface area contributed by atoms with Crippen LogP contribution in [0.5, 0.6) is 0 Å². The monoisotopic (exact) mass is 343 g/mol. The van der Waals surface area contributed by atoms with Gasteiger partial charge in [0.1, 0.15) is 17.3 Å². The Bertz CT molecular complexity index is 717. The molecule has 0 unspecified atom stereocenters. The van der Waals surface area contributed by atoms with Gasteiger partial charge in [-0.05, 0) is 39.0 Å². The fourth-order valence-electron chi connectivity index (χ4n) is 2.78. The Morgan fingerprint density at radius 1 is 1.44 bits per heavy atom. The van der Waals surface area contributed by atoms with Crippen LogP contribution in [0, 0.1) is 21.4 Å². The number of nitriles is 1. The molecular formula is C17H21N5O3. The van der Waals surface area contributed by atoms with Crippen LogP contribution in [0.15, 0.2) is 36.0 Å². The number of benzene rings is 1. The van der Waals surface area contributed by atoms with E-state index >= 15 is 0 Å². The molecule has 1 N–H and O–H groups in total. The van der Waals surface area contributed by atoms with E-state index in [0.29, 0.717) is 0 Å². The average molecular weight is 343 g/mol. The van der Waals surface area contributed by atoms with Crippen molar-refractivity contribution in [2.24, 2.45) is 0 Å². The van der Waals surface area contributed by atoms with Gasteiger partial charge in [0.2, 0.25) is 0 Å². The third-order valence-corrected chi connectivity index (χ3v) is 4.38. The molecule has 0 aliphatic carbocycles. The number of carbonyl (C=O) groups excluding carboxylic acids is 1. The first-order chi connectivity index (χ1) is 11.9. The second-order valence-corrected chi connectivity index (χ2v) is 6.04. The van der Waals surface area contributed by atoms with Crippen molar-refractivity contribution in [3.8, 4) is 6.07 Å². The van der Waals surface area contributed by atoms with Crippen LogP contribution in [-0.4, -0.2) is 53.9 Å². The Morgan fingerprint density at radius 2 is 2.08 bits per heavy atom. The lowest BCUT2D eigenvalue weighted by Crippen LogP contribution is -2.44. The van der Waals surface area contributed by atoms with Gasteiger partial charge in [-0.3, -0.25) is 14.9 Å². The van der Waals surface area contributed by atoms with E-state index < -0.39 is 4.92 Å². The van der Waals surface area contributed by atoms with E-state index in [2.05, 4.69) is 10.2 Å². The van der Waals surface area contributed by atoms with Crippen LogP contribution in [0.1, 0.15) is 12.8 Å². The van der Waals surface area contributed by atoms with Crippen molar-refractivity contribution >= 4 is 17.3 Å². The number of carbonyl (C=O) groups is 1. The molecule has 0 spiro atoms. The van der Waals surface area contributed by atoms with Gasteiger partial charge in [0.05, 0.1) is 4.92 Å². The van der Waals surface area contributed by atoms with Crippen molar-refractivity contribution in [1.29, 1.82) is 5.26 Å². The van der Waals surface area contributed by atoms with Crippen LogP contribution in [0.3, 0.4) is 0 Å². The molecule has 25 heavy (non-hydrogen) atoms. The quantitative estimate of drug-likeness (QED) is 0.379. The van der Waals surface area contributed by atoms with Crippen LogP contribution >= 0.6 is 0 Å². The van der Waals surface area contributed by atoms with Crippen molar-refractivity contribution in [3.63, 3.8) is 0 Å². The summed E-state index contributed by atoms with van der Waals surface area (Å²) in [6.07, 6.45) is 2.94. The number of hydrogen-bond acceptors (Lipinski definition) is 6. The Balaban J connectivity index is 2.11. The smallest absolute Gasteiger partial charge is 0.292 e. The van der Waals surface area contributed by atoms with Crippen molar-refractivity contribution in [2.45, 2.75) is 18.9 Å². The number of para-hydroxylation sites is 2. The lowest BCUT2D eigenvalue weighted by atomic mass is 10.0. The van der Waals surface area contributed by atoms with Gasteiger partial charge in [-0.2, -0.15) is 5.26 Å². The third kappa shape index (κ3) is 4.55. The number of piperidine rings is 1. The minimum atomic E-state index is -0.519. The zero-order chi connectivity index (χ0) is 18.4. The summed E-state index contributed by atoms with van der Waals surface area (Å²) in [5, 5.41) is 23.0. The van der Waals surface area contributed by atoms with E-state index in [1.54, 1.807) is 24.1 Å². The first-order valence-electron chi connectivity index (χ1n) is 8.00. The van der Waals surface area contributed by atoms with E-state index in [0.717, 1.165) is 25.9 Å². The third-order valence-electron chi connectivity index (χ3n) is 4.38. The molecule has 1 aromatic rings. The van der Waals surface area contributed by atoms with Crippen molar-refractivity contribution in [3.05, 3.63) is 46.2 Å². The fourth-order valence-corrected chi connectivity index (χ4v) is 2.78. The molecule has 132 valence electrons. The van der Waals surface area contributed by atoms with Gasteiger partial charge < -0.3 is 15.1 Å². The molecule has 0 saturated carbocycles. The first kappa shape index (κ1) is 18.4. The molecule has 1 fully saturated rings. The highest BCUT2D eigenvalue weighted by atomic mass is 16.6. The number of rotatable bonds is 5. The largest absolute Gasteiger partial charge is 0.355 e. The van der Waals surface area contributed by atoms with Gasteiger partial charge >= 0.3 is 0 Å². The average Bonchev–Trinajstić information content (AvgIpc) is 2.62. The van der Waals surface area contributed by atoms with Gasteiger partial charge in [0.25, 0.3) is 11.6 Å². The number of nitro benzene ring substituents is 1. The number of amides is 1. The molecule has 1 aromatic carbocycles. The lowest BCUT2D eigenvalue weighted by Gasteiger charge is -2.34. The topological polar surface area (TPSA) is 103 Å². The van der Waals surface area contributed by atoms with Crippen LogP contribution in [0.2, 0.25) is 0 Å². The molecule has 1 aliphatic rings. The minimum Gasteiger partial charge on any atom is -0.355 e. The molecule has 0 radical (unpaired) electrons. The molecule has 1 aliphatic heterocycles. The molecule has 2 rings (SSSR count). The molecule has 0 atom stereocenters. The number of hydrogen-bond donors (Lipinski definition) is 1. The van der Waals surface area contributed by atoms with Crippen LogP contribution < -0.4 is 5.32 Å². The normalized spacial score (nSPS) is 16.1. The Hall–Kier alpha value is -2.92. The zero-order valence-corrected chi connectivity index (χ0v) is 14.3. The second kappa shape index (κ2) is 8.26. The number of likely N-dealkylation sites (N-methyl/N-ethyl adjacent to an activating group) is 1. The maximum absolute atomic E-state index is 12.5. The number of nitro groups is 1. The molecule has 8 heteroatoms. The molecular weight excluding hydrogens is 322 g/mol. The molecule has 1 amide bonds. The lowest BCUT2D eigenvalue weighted by molar-refractivity contribution is -0.383. The van der Waals surface area contributed by atoms with E-state index in [9.17, 15) is 20.2 Å². The second-order valence-electron chi connectivity index (χ2n) is 6.04. The molecule has 8 nitrogen and oxygen atoms in total. The van der Waals surface area contributed by atoms with Crippen LogP contribution in [-0.2, 0) is 4.79 Å².